The Balaban J connectivity index is 3.53. The number of carboxylic acid groups (broad SMARTS) is 1. The molecule has 2 N–H and O–H groups in total. The molecule has 12 heavy (non-hydrogen) atoms. The second kappa shape index (κ2) is 5.97. The smallest absolute Gasteiger partial charge is 0.0616 e. The van der Waals surface area contributed by atoms with Gasteiger partial charge in [0, 0.05) is 12.4 Å². The zero-order valence-electron chi connectivity index (χ0n) is 7.19. The first kappa shape index (κ1) is 11.4. The molecule has 0 amide bonds. The van der Waals surface area contributed by atoms with Gasteiger partial charge in [0.05, 0.1) is 12.2 Å². The van der Waals surface area contributed by atoms with E-state index < -0.39 is 24.6 Å². The van der Waals surface area contributed by atoms with Crippen LogP contribution in [0.1, 0.15) is 32.6 Å². The van der Waals surface area contributed by atoms with Crippen LogP contribution in [-0.4, -0.2) is 28.4 Å². The number of rotatable bonds is 6. The summed E-state index contributed by atoms with van der Waals surface area (Å²) in [7, 11) is 0. The molecule has 4 heteroatoms. The van der Waals surface area contributed by atoms with E-state index in [1.165, 1.54) is 0 Å². The molecular weight excluding hydrogens is 160 g/mol. The van der Waals surface area contributed by atoms with Gasteiger partial charge in [-0.2, -0.15) is 0 Å². The van der Waals surface area contributed by atoms with Gasteiger partial charge in [0.2, 0.25) is 0 Å². The van der Waals surface area contributed by atoms with Gasteiger partial charge in [0.1, 0.15) is 0 Å². The van der Waals surface area contributed by atoms with Crippen molar-refractivity contribution in [1.29, 1.82) is 0 Å². The summed E-state index contributed by atoms with van der Waals surface area (Å²) in [6.07, 6.45) is -0.479. The Kier molecular flexibility index (Phi) is 5.66. The normalized spacial score (nSPS) is 15.6. The number of hydrogen-bond donors (Lipinski definition) is 2. The van der Waals surface area contributed by atoms with Crippen molar-refractivity contribution in [3.05, 3.63) is 0 Å². The summed E-state index contributed by atoms with van der Waals surface area (Å²) >= 11 is 0. The van der Waals surface area contributed by atoms with Crippen molar-refractivity contribution < 1.29 is 20.1 Å². The van der Waals surface area contributed by atoms with Gasteiger partial charge in [-0.3, -0.25) is 0 Å². The molecule has 0 saturated carbocycles. The number of hydrogen-bond acceptors (Lipinski definition) is 4. The van der Waals surface area contributed by atoms with Crippen LogP contribution < -0.4 is 5.11 Å². The van der Waals surface area contributed by atoms with E-state index in [1.807, 2.05) is 6.92 Å². The van der Waals surface area contributed by atoms with E-state index in [0.29, 0.717) is 6.42 Å². The number of aliphatic hydroxyl groups excluding tert-OH is 2. The van der Waals surface area contributed by atoms with Crippen LogP contribution in [-0.2, 0) is 4.79 Å². The standard InChI is InChI=1S/C8H16O4/c1-2-3-6(9)4-7(10)5-8(11)12/h6-7,9-10H,2-5H2,1H3,(H,11,12)/p-1/t6-,7-/m1/s1. The lowest BCUT2D eigenvalue weighted by Crippen LogP contribution is -2.29. The maximum absolute atomic E-state index is 10.00. The molecule has 0 saturated heterocycles. The van der Waals surface area contributed by atoms with E-state index in [2.05, 4.69) is 0 Å². The summed E-state index contributed by atoms with van der Waals surface area (Å²) < 4.78 is 0. The second-order valence-electron chi connectivity index (χ2n) is 2.91. The fraction of sp³-hybridized carbons (Fsp3) is 0.875. The van der Waals surface area contributed by atoms with Crippen LogP contribution in [0.5, 0.6) is 0 Å². The van der Waals surface area contributed by atoms with Gasteiger partial charge < -0.3 is 20.1 Å². The molecule has 0 aliphatic rings. The lowest BCUT2D eigenvalue weighted by molar-refractivity contribution is -0.307. The Hall–Kier alpha value is -0.610. The maximum Gasteiger partial charge on any atom is 0.0616 e. The van der Waals surface area contributed by atoms with E-state index >= 15 is 0 Å². The van der Waals surface area contributed by atoms with Crippen molar-refractivity contribution in [3.63, 3.8) is 0 Å². The molecule has 0 spiro atoms. The van der Waals surface area contributed by atoms with Gasteiger partial charge in [-0.05, 0) is 12.8 Å². The largest absolute Gasteiger partial charge is 0.550 e. The van der Waals surface area contributed by atoms with Gasteiger partial charge in [-0.15, -0.1) is 0 Å². The average Bonchev–Trinajstić information content (AvgIpc) is 1.84. The van der Waals surface area contributed by atoms with Crippen LogP contribution >= 0.6 is 0 Å². The van der Waals surface area contributed by atoms with E-state index in [9.17, 15) is 9.90 Å². The minimum Gasteiger partial charge on any atom is -0.550 e. The minimum atomic E-state index is -1.29. The summed E-state index contributed by atoms with van der Waals surface area (Å²) in [6, 6.07) is 0. The third-order valence-electron chi connectivity index (χ3n) is 1.57. The van der Waals surface area contributed by atoms with Crippen molar-refractivity contribution in [2.24, 2.45) is 0 Å². The van der Waals surface area contributed by atoms with Gasteiger partial charge in [-0.25, -0.2) is 0 Å². The SMILES string of the molecule is CCC[C@@H](O)C[C@@H](O)CC(=O)[O-]. The summed E-state index contributed by atoms with van der Waals surface area (Å²) in [5.74, 6) is -1.29. The predicted molar refractivity (Wildman–Crippen MR) is 41.2 cm³/mol. The molecule has 0 aromatic rings. The van der Waals surface area contributed by atoms with Crippen molar-refractivity contribution >= 4 is 5.97 Å². The van der Waals surface area contributed by atoms with Crippen LogP contribution in [0.4, 0.5) is 0 Å². The van der Waals surface area contributed by atoms with Crippen LogP contribution in [0.3, 0.4) is 0 Å². The van der Waals surface area contributed by atoms with Crippen molar-refractivity contribution in [3.8, 4) is 0 Å². The first-order valence-corrected chi connectivity index (χ1v) is 4.12. The highest BCUT2D eigenvalue weighted by atomic mass is 16.4. The molecule has 72 valence electrons. The van der Waals surface area contributed by atoms with Crippen LogP contribution in [0, 0.1) is 0 Å². The Morgan fingerprint density at radius 3 is 2.42 bits per heavy atom. The number of carboxylic acids is 1. The highest BCUT2D eigenvalue weighted by molar-refractivity contribution is 5.64. The molecule has 0 aliphatic heterocycles. The van der Waals surface area contributed by atoms with Gasteiger partial charge in [0.25, 0.3) is 0 Å². The molecule has 0 rings (SSSR count). The Morgan fingerprint density at radius 1 is 1.42 bits per heavy atom. The first-order chi connectivity index (χ1) is 5.56. The highest BCUT2D eigenvalue weighted by Crippen LogP contribution is 2.06. The molecule has 4 nitrogen and oxygen atoms in total. The number of aliphatic hydroxyl groups is 2. The van der Waals surface area contributed by atoms with E-state index in [4.69, 9.17) is 10.2 Å². The second-order valence-corrected chi connectivity index (χ2v) is 2.91. The van der Waals surface area contributed by atoms with E-state index in [-0.39, 0.29) is 6.42 Å². The molecule has 0 bridgehead atoms. The lowest BCUT2D eigenvalue weighted by atomic mass is 10.1. The Bertz CT molecular complexity index is 135. The highest BCUT2D eigenvalue weighted by Gasteiger charge is 2.10. The van der Waals surface area contributed by atoms with Gasteiger partial charge in [0.15, 0.2) is 0 Å². The Morgan fingerprint density at radius 2 is 2.00 bits per heavy atom. The Labute approximate surface area is 71.8 Å². The molecule has 0 fully saturated rings. The zero-order valence-corrected chi connectivity index (χ0v) is 7.19. The quantitative estimate of drug-likeness (QED) is 0.544. The van der Waals surface area contributed by atoms with Gasteiger partial charge in [-0.1, -0.05) is 13.3 Å². The number of carbonyl (C=O) groups is 1. The third-order valence-corrected chi connectivity index (χ3v) is 1.57. The fourth-order valence-corrected chi connectivity index (χ4v) is 1.04. The molecule has 0 radical (unpaired) electrons. The van der Waals surface area contributed by atoms with Gasteiger partial charge >= 0.3 is 0 Å². The van der Waals surface area contributed by atoms with Crippen LogP contribution in [0.25, 0.3) is 0 Å². The van der Waals surface area contributed by atoms with Crippen LogP contribution in [0.15, 0.2) is 0 Å². The predicted octanol–water partition coefficient (Wildman–Crippen LogP) is -0.962. The number of aliphatic carboxylic acids is 1. The topological polar surface area (TPSA) is 80.6 Å². The minimum absolute atomic E-state index is 0.113. The lowest BCUT2D eigenvalue weighted by Gasteiger charge is -2.14. The first-order valence-electron chi connectivity index (χ1n) is 4.12. The molecule has 0 aromatic carbocycles. The molecular formula is C8H15O4-. The maximum atomic E-state index is 10.00. The van der Waals surface area contributed by atoms with E-state index in [1.54, 1.807) is 0 Å². The third kappa shape index (κ3) is 6.12. The summed E-state index contributed by atoms with van der Waals surface area (Å²) in [5, 5.41) is 28.2. The van der Waals surface area contributed by atoms with Crippen molar-refractivity contribution in [2.75, 3.05) is 0 Å². The number of carbonyl (C=O) groups excluding carboxylic acids is 1. The molecule has 0 heterocycles. The molecule has 2 atom stereocenters. The van der Waals surface area contributed by atoms with Crippen molar-refractivity contribution in [2.45, 2.75) is 44.8 Å². The monoisotopic (exact) mass is 175 g/mol. The fourth-order valence-electron chi connectivity index (χ4n) is 1.04. The molecule has 0 aromatic heterocycles. The molecule has 0 aliphatic carbocycles. The summed E-state index contributed by atoms with van der Waals surface area (Å²) in [4.78, 5) is 10.00. The zero-order chi connectivity index (χ0) is 9.56. The summed E-state index contributed by atoms with van der Waals surface area (Å²) in [5.41, 5.74) is 0. The van der Waals surface area contributed by atoms with Crippen molar-refractivity contribution in [1.82, 2.24) is 0 Å². The van der Waals surface area contributed by atoms with Crippen LogP contribution in [0.2, 0.25) is 0 Å². The van der Waals surface area contributed by atoms with E-state index in [0.717, 1.165) is 6.42 Å². The summed E-state index contributed by atoms with van der Waals surface area (Å²) in [6.45, 7) is 1.91. The molecule has 0 unspecified atom stereocenters. The average molecular weight is 175 g/mol.